The number of hydrogen-bond donors (Lipinski definition) is 0. The topological polar surface area (TPSA) is 18.5 Å². The molecule has 0 saturated carbocycles. The first-order valence-electron chi connectivity index (χ1n) is 4.87. The van der Waals surface area contributed by atoms with E-state index in [-0.39, 0.29) is 5.60 Å². The summed E-state index contributed by atoms with van der Waals surface area (Å²) in [7, 11) is -1.36. The molecule has 0 aliphatic carbocycles. The molecule has 3 heteroatoms. The van der Waals surface area contributed by atoms with Crippen LogP contribution in [0.1, 0.15) is 40.5 Å². The maximum atomic E-state index is 5.89. The van der Waals surface area contributed by atoms with E-state index in [2.05, 4.69) is 27.3 Å². The Labute approximate surface area is 78.1 Å². The Kier molecular flexibility index (Phi) is 5.79. The molecule has 0 rings (SSSR count). The highest BCUT2D eigenvalue weighted by molar-refractivity contribution is 6.42. The van der Waals surface area contributed by atoms with Crippen molar-refractivity contribution in [2.75, 3.05) is 6.61 Å². The minimum absolute atomic E-state index is 0.0425. The Morgan fingerprint density at radius 1 is 1.17 bits per heavy atom. The van der Waals surface area contributed by atoms with Crippen LogP contribution >= 0.6 is 0 Å². The molecule has 0 saturated heterocycles. The van der Waals surface area contributed by atoms with Crippen molar-refractivity contribution in [3.05, 3.63) is 0 Å². The fraction of sp³-hybridized carbons (Fsp3) is 1.00. The Balaban J connectivity index is 3.84. The van der Waals surface area contributed by atoms with Crippen molar-refractivity contribution in [3.8, 4) is 0 Å². The van der Waals surface area contributed by atoms with Crippen molar-refractivity contribution < 1.29 is 8.85 Å². The van der Waals surface area contributed by atoms with Gasteiger partial charge in [0.05, 0.1) is 5.60 Å². The zero-order chi connectivity index (χ0) is 9.61. The molecule has 0 aliphatic rings. The maximum absolute atomic E-state index is 5.89. The Hall–Kier alpha value is 0.137. The van der Waals surface area contributed by atoms with Gasteiger partial charge in [-0.15, -0.1) is 0 Å². The van der Waals surface area contributed by atoms with Crippen LogP contribution in [0.25, 0.3) is 0 Å². The molecule has 0 heterocycles. The van der Waals surface area contributed by atoms with Crippen molar-refractivity contribution >= 4 is 9.28 Å². The summed E-state index contributed by atoms with van der Waals surface area (Å²) in [6.07, 6.45) is 2.13. The van der Waals surface area contributed by atoms with Gasteiger partial charge in [-0.2, -0.15) is 0 Å². The summed E-state index contributed by atoms with van der Waals surface area (Å²) in [6.45, 7) is 11.4. The van der Waals surface area contributed by atoms with Crippen molar-refractivity contribution in [1.82, 2.24) is 0 Å². The van der Waals surface area contributed by atoms with Crippen LogP contribution in [0, 0.1) is 0 Å². The first-order valence-corrected chi connectivity index (χ1v) is 6.97. The van der Waals surface area contributed by atoms with E-state index in [4.69, 9.17) is 8.85 Å². The highest BCUT2D eigenvalue weighted by Gasteiger charge is 2.23. The largest absolute Gasteiger partial charge is 0.397 e. The standard InChI is InChI=1S/C9H22O2Si/c1-6-9(4,7-2)11-12(5)10-8-3/h12H,6-8H2,1-5H3. The van der Waals surface area contributed by atoms with Gasteiger partial charge in [0.1, 0.15) is 0 Å². The van der Waals surface area contributed by atoms with E-state index in [0.29, 0.717) is 0 Å². The fourth-order valence-electron chi connectivity index (χ4n) is 1.09. The number of rotatable bonds is 6. The summed E-state index contributed by atoms with van der Waals surface area (Å²) in [4.78, 5) is 0. The van der Waals surface area contributed by atoms with Gasteiger partial charge in [0, 0.05) is 6.61 Å². The summed E-state index contributed by atoms with van der Waals surface area (Å²) in [5.41, 5.74) is 0.0425. The molecule has 0 spiro atoms. The summed E-state index contributed by atoms with van der Waals surface area (Å²) >= 11 is 0. The summed E-state index contributed by atoms with van der Waals surface area (Å²) in [6, 6.07) is 0. The molecule has 0 bridgehead atoms. The quantitative estimate of drug-likeness (QED) is 0.599. The van der Waals surface area contributed by atoms with Crippen LogP contribution in [-0.4, -0.2) is 21.5 Å². The van der Waals surface area contributed by atoms with Gasteiger partial charge < -0.3 is 8.85 Å². The highest BCUT2D eigenvalue weighted by atomic mass is 28.3. The molecule has 0 aromatic heterocycles. The van der Waals surface area contributed by atoms with E-state index in [1.165, 1.54) is 0 Å². The van der Waals surface area contributed by atoms with Gasteiger partial charge in [-0.25, -0.2) is 0 Å². The average molecular weight is 190 g/mol. The van der Waals surface area contributed by atoms with Crippen molar-refractivity contribution in [2.24, 2.45) is 0 Å². The average Bonchev–Trinajstić information content (AvgIpc) is 2.05. The highest BCUT2D eigenvalue weighted by Crippen LogP contribution is 2.20. The zero-order valence-electron chi connectivity index (χ0n) is 9.02. The Morgan fingerprint density at radius 3 is 2.00 bits per heavy atom. The molecule has 0 amide bonds. The van der Waals surface area contributed by atoms with Crippen molar-refractivity contribution in [1.29, 1.82) is 0 Å². The first-order chi connectivity index (χ1) is 5.58. The minimum atomic E-state index is -1.36. The van der Waals surface area contributed by atoms with Crippen LogP contribution in [0.15, 0.2) is 0 Å². The second kappa shape index (κ2) is 5.73. The molecule has 2 nitrogen and oxygen atoms in total. The monoisotopic (exact) mass is 190 g/mol. The third-order valence-corrected chi connectivity index (χ3v) is 4.05. The molecule has 0 aliphatic heterocycles. The lowest BCUT2D eigenvalue weighted by molar-refractivity contribution is 0.0471. The van der Waals surface area contributed by atoms with Crippen LogP contribution in [0.2, 0.25) is 6.55 Å². The lowest BCUT2D eigenvalue weighted by atomic mass is 10.0. The van der Waals surface area contributed by atoms with Gasteiger partial charge in [0.2, 0.25) is 0 Å². The Morgan fingerprint density at radius 2 is 1.67 bits per heavy atom. The van der Waals surface area contributed by atoms with E-state index in [9.17, 15) is 0 Å². The first kappa shape index (κ1) is 12.1. The van der Waals surface area contributed by atoms with E-state index < -0.39 is 9.28 Å². The zero-order valence-corrected chi connectivity index (χ0v) is 10.2. The van der Waals surface area contributed by atoms with Crippen LogP contribution in [0.3, 0.4) is 0 Å². The fourth-order valence-corrected chi connectivity index (χ4v) is 2.76. The maximum Gasteiger partial charge on any atom is 0.318 e. The molecule has 12 heavy (non-hydrogen) atoms. The molecule has 74 valence electrons. The molecule has 0 N–H and O–H groups in total. The van der Waals surface area contributed by atoms with Crippen LogP contribution in [-0.2, 0) is 8.85 Å². The predicted octanol–water partition coefficient (Wildman–Crippen LogP) is 2.47. The van der Waals surface area contributed by atoms with Gasteiger partial charge in [-0.1, -0.05) is 13.8 Å². The Bertz CT molecular complexity index is 113. The lowest BCUT2D eigenvalue weighted by Gasteiger charge is -2.30. The van der Waals surface area contributed by atoms with Gasteiger partial charge >= 0.3 is 9.28 Å². The summed E-state index contributed by atoms with van der Waals surface area (Å²) < 4.78 is 11.4. The van der Waals surface area contributed by atoms with Crippen LogP contribution < -0.4 is 0 Å². The molecule has 0 radical (unpaired) electrons. The molecular weight excluding hydrogens is 168 g/mol. The second-order valence-corrected chi connectivity index (χ2v) is 5.00. The van der Waals surface area contributed by atoms with Gasteiger partial charge in [-0.05, 0) is 33.2 Å². The van der Waals surface area contributed by atoms with Crippen molar-refractivity contribution in [2.45, 2.75) is 52.7 Å². The van der Waals surface area contributed by atoms with E-state index in [0.717, 1.165) is 19.4 Å². The predicted molar refractivity (Wildman–Crippen MR) is 54.7 cm³/mol. The molecule has 1 unspecified atom stereocenters. The third kappa shape index (κ3) is 4.23. The molecule has 1 atom stereocenters. The number of hydrogen-bond acceptors (Lipinski definition) is 2. The third-order valence-electron chi connectivity index (χ3n) is 2.35. The summed E-state index contributed by atoms with van der Waals surface area (Å²) in [5, 5.41) is 0. The molecule has 0 aromatic rings. The second-order valence-electron chi connectivity index (χ2n) is 3.30. The SMILES string of the molecule is CCO[SiH](C)OC(C)(CC)CC. The smallest absolute Gasteiger partial charge is 0.318 e. The molecule has 0 fully saturated rings. The van der Waals surface area contributed by atoms with E-state index in [1.807, 2.05) is 6.92 Å². The van der Waals surface area contributed by atoms with Crippen LogP contribution in [0.5, 0.6) is 0 Å². The minimum Gasteiger partial charge on any atom is -0.397 e. The van der Waals surface area contributed by atoms with Gasteiger partial charge in [-0.3, -0.25) is 0 Å². The normalized spacial score (nSPS) is 14.8. The molecular formula is C9H22O2Si. The van der Waals surface area contributed by atoms with Crippen molar-refractivity contribution in [3.63, 3.8) is 0 Å². The van der Waals surface area contributed by atoms with E-state index in [1.54, 1.807) is 0 Å². The molecule has 0 aromatic carbocycles. The van der Waals surface area contributed by atoms with Gasteiger partial charge in [0.25, 0.3) is 0 Å². The van der Waals surface area contributed by atoms with Gasteiger partial charge in [0.15, 0.2) is 0 Å². The lowest BCUT2D eigenvalue weighted by Crippen LogP contribution is -2.35. The van der Waals surface area contributed by atoms with E-state index >= 15 is 0 Å². The summed E-state index contributed by atoms with van der Waals surface area (Å²) in [5.74, 6) is 0. The van der Waals surface area contributed by atoms with Crippen LogP contribution in [0.4, 0.5) is 0 Å².